The van der Waals surface area contributed by atoms with Gasteiger partial charge in [-0.1, -0.05) is 49.4 Å². The van der Waals surface area contributed by atoms with E-state index < -0.39 is 11.8 Å². The highest BCUT2D eigenvalue weighted by atomic mass is 16.7. The number of hydrogen-bond acceptors (Lipinski definition) is 2. The molecule has 0 heterocycles. The van der Waals surface area contributed by atoms with Crippen LogP contribution in [0.1, 0.15) is 19.4 Å². The summed E-state index contributed by atoms with van der Waals surface area (Å²) in [5, 5.41) is 8.83. The molecule has 1 aliphatic carbocycles. The third-order valence-electron chi connectivity index (χ3n) is 3.44. The van der Waals surface area contributed by atoms with E-state index in [1.807, 2.05) is 49.4 Å². The maximum Gasteiger partial charge on any atom is 0.506 e. The zero-order valence-electron chi connectivity index (χ0n) is 10.5. The van der Waals surface area contributed by atoms with E-state index in [0.29, 0.717) is 0 Å². The fourth-order valence-electron chi connectivity index (χ4n) is 2.23. The number of carboxylic acid groups (broad SMARTS) is 1. The van der Waals surface area contributed by atoms with Gasteiger partial charge in [0.1, 0.15) is 5.60 Å². The van der Waals surface area contributed by atoms with Gasteiger partial charge in [-0.05, 0) is 24.1 Å². The van der Waals surface area contributed by atoms with Gasteiger partial charge in [0.25, 0.3) is 0 Å². The van der Waals surface area contributed by atoms with Crippen molar-refractivity contribution in [3.63, 3.8) is 0 Å². The second kappa shape index (κ2) is 4.69. The monoisotopic (exact) mass is 244 g/mol. The van der Waals surface area contributed by atoms with Crippen LogP contribution in [0.3, 0.4) is 0 Å². The molecule has 0 saturated carbocycles. The minimum absolute atomic E-state index is 0.0269. The lowest BCUT2D eigenvalue weighted by atomic mass is 9.78. The topological polar surface area (TPSA) is 46.5 Å². The van der Waals surface area contributed by atoms with Gasteiger partial charge in [-0.3, -0.25) is 0 Å². The molecule has 1 aromatic carbocycles. The number of hydrogen-bond donors (Lipinski definition) is 1. The Morgan fingerprint density at radius 1 is 1.33 bits per heavy atom. The minimum atomic E-state index is -1.25. The van der Waals surface area contributed by atoms with Crippen molar-refractivity contribution >= 4 is 11.7 Å². The third kappa shape index (κ3) is 2.30. The largest absolute Gasteiger partial charge is 0.506 e. The summed E-state index contributed by atoms with van der Waals surface area (Å²) in [5.74, 6) is -0.0269. The highest BCUT2D eigenvalue weighted by Gasteiger charge is 2.36. The molecule has 0 saturated heterocycles. The Morgan fingerprint density at radius 2 is 2.00 bits per heavy atom. The minimum Gasteiger partial charge on any atom is -0.450 e. The zero-order chi connectivity index (χ0) is 13.2. The first-order valence-electron chi connectivity index (χ1n) is 5.90. The van der Waals surface area contributed by atoms with Gasteiger partial charge in [0, 0.05) is 5.92 Å². The summed E-state index contributed by atoms with van der Waals surface area (Å²) >= 11 is 0. The first-order chi connectivity index (χ1) is 8.53. The van der Waals surface area contributed by atoms with E-state index in [2.05, 4.69) is 0 Å². The van der Waals surface area contributed by atoms with Crippen LogP contribution in [-0.2, 0) is 4.74 Å². The third-order valence-corrected chi connectivity index (χ3v) is 3.44. The lowest BCUT2D eigenvalue weighted by Crippen LogP contribution is -2.38. The SMILES string of the molecule is CC1C(c2ccccc2)=CC=CC1(C)OC(=O)O. The Bertz CT molecular complexity index is 502. The van der Waals surface area contributed by atoms with Gasteiger partial charge in [-0.15, -0.1) is 0 Å². The summed E-state index contributed by atoms with van der Waals surface area (Å²) in [7, 11) is 0. The van der Waals surface area contributed by atoms with Gasteiger partial charge in [0.05, 0.1) is 0 Å². The van der Waals surface area contributed by atoms with Crippen LogP contribution in [-0.4, -0.2) is 16.9 Å². The summed E-state index contributed by atoms with van der Waals surface area (Å²) in [4.78, 5) is 10.8. The standard InChI is InChI=1S/C15H16O3/c1-11-13(12-7-4-3-5-8-12)9-6-10-15(11,2)18-14(16)17/h3-11H,1-2H3,(H,16,17). The zero-order valence-corrected chi connectivity index (χ0v) is 10.5. The lowest BCUT2D eigenvalue weighted by Gasteiger charge is -2.35. The maximum absolute atomic E-state index is 10.8. The fourth-order valence-corrected chi connectivity index (χ4v) is 2.23. The summed E-state index contributed by atoms with van der Waals surface area (Å²) in [6, 6.07) is 9.93. The molecule has 18 heavy (non-hydrogen) atoms. The van der Waals surface area contributed by atoms with Crippen LogP contribution < -0.4 is 0 Å². The van der Waals surface area contributed by atoms with Crippen LogP contribution in [0.5, 0.6) is 0 Å². The van der Waals surface area contributed by atoms with Crippen LogP contribution >= 0.6 is 0 Å². The molecule has 0 spiro atoms. The quantitative estimate of drug-likeness (QED) is 0.806. The molecule has 0 fully saturated rings. The van der Waals surface area contributed by atoms with Crippen molar-refractivity contribution in [1.29, 1.82) is 0 Å². The molecule has 1 N–H and O–H groups in total. The molecule has 3 nitrogen and oxygen atoms in total. The first-order valence-corrected chi connectivity index (χ1v) is 5.90. The highest BCUT2D eigenvalue weighted by Crippen LogP contribution is 2.38. The Morgan fingerprint density at radius 3 is 2.61 bits per heavy atom. The summed E-state index contributed by atoms with van der Waals surface area (Å²) in [6.07, 6.45) is 4.40. The van der Waals surface area contributed by atoms with Gasteiger partial charge in [-0.2, -0.15) is 0 Å². The molecular formula is C15H16O3. The molecular weight excluding hydrogens is 228 g/mol. The van der Waals surface area contributed by atoms with Crippen molar-refractivity contribution in [2.24, 2.45) is 5.92 Å². The van der Waals surface area contributed by atoms with Crippen LogP contribution in [0.4, 0.5) is 4.79 Å². The van der Waals surface area contributed by atoms with E-state index in [-0.39, 0.29) is 5.92 Å². The van der Waals surface area contributed by atoms with E-state index in [9.17, 15) is 4.79 Å². The van der Waals surface area contributed by atoms with Crippen molar-refractivity contribution < 1.29 is 14.6 Å². The van der Waals surface area contributed by atoms with Gasteiger partial charge in [0.2, 0.25) is 0 Å². The Kier molecular flexibility index (Phi) is 3.24. The van der Waals surface area contributed by atoms with Crippen LogP contribution in [0.25, 0.3) is 5.57 Å². The number of benzene rings is 1. The molecule has 0 aromatic heterocycles. The predicted octanol–water partition coefficient (Wildman–Crippen LogP) is 3.73. The maximum atomic E-state index is 10.8. The Labute approximate surface area is 106 Å². The van der Waals surface area contributed by atoms with E-state index >= 15 is 0 Å². The van der Waals surface area contributed by atoms with Crippen molar-refractivity contribution in [3.8, 4) is 0 Å². The molecule has 1 aromatic rings. The second-order valence-corrected chi connectivity index (χ2v) is 4.62. The van der Waals surface area contributed by atoms with E-state index in [0.717, 1.165) is 11.1 Å². The molecule has 94 valence electrons. The van der Waals surface area contributed by atoms with Crippen molar-refractivity contribution in [2.45, 2.75) is 19.4 Å². The second-order valence-electron chi connectivity index (χ2n) is 4.62. The summed E-state index contributed by atoms with van der Waals surface area (Å²) < 4.78 is 5.03. The molecule has 2 atom stereocenters. The number of ether oxygens (including phenoxy) is 1. The van der Waals surface area contributed by atoms with E-state index in [4.69, 9.17) is 9.84 Å². The smallest absolute Gasteiger partial charge is 0.450 e. The van der Waals surface area contributed by atoms with Gasteiger partial charge >= 0.3 is 6.16 Å². The van der Waals surface area contributed by atoms with Crippen LogP contribution in [0.2, 0.25) is 0 Å². The average molecular weight is 244 g/mol. The number of carbonyl (C=O) groups is 1. The molecule has 2 rings (SSSR count). The summed E-state index contributed by atoms with van der Waals surface area (Å²) in [6.45, 7) is 3.77. The number of rotatable bonds is 2. The van der Waals surface area contributed by atoms with Gasteiger partial charge in [0.15, 0.2) is 0 Å². The molecule has 0 radical (unpaired) electrons. The molecule has 0 bridgehead atoms. The fraction of sp³-hybridized carbons (Fsp3) is 0.267. The Balaban J connectivity index is 2.33. The van der Waals surface area contributed by atoms with Crippen molar-refractivity contribution in [3.05, 3.63) is 54.1 Å². The van der Waals surface area contributed by atoms with Gasteiger partial charge in [-0.25, -0.2) is 4.79 Å². The lowest BCUT2D eigenvalue weighted by molar-refractivity contribution is 0.00324. The molecule has 0 aliphatic heterocycles. The predicted molar refractivity (Wildman–Crippen MR) is 70.2 cm³/mol. The summed E-state index contributed by atoms with van der Waals surface area (Å²) in [5.41, 5.74) is 1.36. The van der Waals surface area contributed by atoms with Gasteiger partial charge < -0.3 is 9.84 Å². The molecule has 3 heteroatoms. The van der Waals surface area contributed by atoms with E-state index in [1.165, 1.54) is 0 Å². The average Bonchev–Trinajstić information content (AvgIpc) is 2.33. The Hall–Kier alpha value is -2.03. The first kappa shape index (κ1) is 12.4. The van der Waals surface area contributed by atoms with Crippen LogP contribution in [0.15, 0.2) is 48.6 Å². The van der Waals surface area contributed by atoms with Crippen molar-refractivity contribution in [1.82, 2.24) is 0 Å². The van der Waals surface area contributed by atoms with Crippen molar-refractivity contribution in [2.75, 3.05) is 0 Å². The molecule has 0 amide bonds. The number of allylic oxidation sites excluding steroid dienone is 2. The van der Waals surface area contributed by atoms with E-state index in [1.54, 1.807) is 13.0 Å². The molecule has 1 aliphatic rings. The molecule has 2 unspecified atom stereocenters. The highest BCUT2D eigenvalue weighted by molar-refractivity contribution is 5.72. The normalized spacial score (nSPS) is 26.6. The van der Waals surface area contributed by atoms with Crippen LogP contribution in [0, 0.1) is 5.92 Å².